The predicted octanol–water partition coefficient (Wildman–Crippen LogP) is 3.79. The minimum Gasteiger partial charge on any atom is -0.354 e. The average molecular weight is 269 g/mol. The van der Waals surface area contributed by atoms with Gasteiger partial charge in [-0.15, -0.1) is 0 Å². The van der Waals surface area contributed by atoms with Crippen molar-refractivity contribution >= 4 is 23.1 Å². The number of hydrogen-bond acceptors (Lipinski definition) is 3. The van der Waals surface area contributed by atoms with Gasteiger partial charge in [-0.3, -0.25) is 4.79 Å². The first-order chi connectivity index (χ1) is 9.60. The van der Waals surface area contributed by atoms with Gasteiger partial charge in [-0.25, -0.2) is 4.98 Å². The lowest BCUT2D eigenvalue weighted by Gasteiger charge is -2.12. The van der Waals surface area contributed by atoms with Crippen LogP contribution in [0, 0.1) is 13.8 Å². The third-order valence-electron chi connectivity index (χ3n) is 3.10. The van der Waals surface area contributed by atoms with Gasteiger partial charge in [-0.2, -0.15) is 0 Å². The van der Waals surface area contributed by atoms with Crippen molar-refractivity contribution in [1.82, 2.24) is 4.98 Å². The molecule has 2 aromatic rings. The molecular formula is C16H19N3O. The Balaban J connectivity index is 2.13. The number of benzene rings is 1. The lowest BCUT2D eigenvalue weighted by Crippen LogP contribution is -2.10. The maximum Gasteiger partial charge on any atom is 0.225 e. The van der Waals surface area contributed by atoms with Crippen molar-refractivity contribution in [2.75, 3.05) is 10.6 Å². The molecule has 0 unspecified atom stereocenters. The van der Waals surface area contributed by atoms with Crippen LogP contribution in [0.15, 0.2) is 36.5 Å². The van der Waals surface area contributed by atoms with Crippen LogP contribution in [0.5, 0.6) is 0 Å². The van der Waals surface area contributed by atoms with Gasteiger partial charge in [0.05, 0.1) is 11.9 Å². The molecular weight excluding hydrogens is 250 g/mol. The summed E-state index contributed by atoms with van der Waals surface area (Å²) in [5.41, 5.74) is 4.37. The molecule has 104 valence electrons. The van der Waals surface area contributed by atoms with Gasteiger partial charge in [0.25, 0.3) is 0 Å². The van der Waals surface area contributed by atoms with E-state index >= 15 is 0 Å². The molecule has 1 aromatic carbocycles. The normalized spacial score (nSPS) is 10.2. The Labute approximate surface area is 119 Å². The Morgan fingerprint density at radius 1 is 1.15 bits per heavy atom. The van der Waals surface area contributed by atoms with Crippen LogP contribution in [0.25, 0.3) is 0 Å². The molecule has 0 atom stereocenters. The fourth-order valence-electron chi connectivity index (χ4n) is 1.93. The minimum atomic E-state index is -0.0343. The van der Waals surface area contributed by atoms with Crippen molar-refractivity contribution in [3.63, 3.8) is 0 Å². The molecule has 4 nitrogen and oxygen atoms in total. The summed E-state index contributed by atoms with van der Waals surface area (Å²) in [6.07, 6.45) is 2.17. The smallest absolute Gasteiger partial charge is 0.225 e. The first-order valence-corrected chi connectivity index (χ1v) is 6.69. The molecule has 1 heterocycles. The summed E-state index contributed by atoms with van der Waals surface area (Å²) in [5, 5.41) is 6.09. The maximum atomic E-state index is 11.3. The van der Waals surface area contributed by atoms with Gasteiger partial charge in [-0.1, -0.05) is 25.1 Å². The van der Waals surface area contributed by atoms with Crippen LogP contribution in [0.4, 0.5) is 17.2 Å². The molecule has 0 saturated carbocycles. The fraction of sp³-hybridized carbons (Fsp3) is 0.250. The first-order valence-electron chi connectivity index (χ1n) is 6.69. The average Bonchev–Trinajstić information content (AvgIpc) is 2.44. The number of carbonyl (C=O) groups excluding carboxylic acids is 1. The van der Waals surface area contributed by atoms with E-state index in [4.69, 9.17) is 0 Å². The summed E-state index contributed by atoms with van der Waals surface area (Å²) in [6, 6.07) is 9.88. The second-order valence-corrected chi connectivity index (χ2v) is 4.73. The molecule has 1 aromatic heterocycles. The summed E-state index contributed by atoms with van der Waals surface area (Å²) >= 11 is 0. The van der Waals surface area contributed by atoms with E-state index in [1.807, 2.05) is 19.1 Å². The number of pyridine rings is 1. The molecule has 0 aliphatic rings. The van der Waals surface area contributed by atoms with Crippen LogP contribution in [0.3, 0.4) is 0 Å². The Bertz CT molecular complexity index is 585. The van der Waals surface area contributed by atoms with Gasteiger partial charge in [0.2, 0.25) is 5.91 Å². The van der Waals surface area contributed by atoms with Crippen molar-refractivity contribution in [3.8, 4) is 0 Å². The van der Waals surface area contributed by atoms with E-state index < -0.39 is 0 Å². The molecule has 0 saturated heterocycles. The standard InChI is InChI=1S/C16H19N3O/c1-4-15(20)19-14-9-8-13(10-17-14)18-16-11(2)6-5-7-12(16)3/h5-10,18H,4H2,1-3H3,(H,17,19,20). The van der Waals surface area contributed by atoms with Crippen LogP contribution in [-0.2, 0) is 4.79 Å². The van der Waals surface area contributed by atoms with Crippen molar-refractivity contribution in [1.29, 1.82) is 0 Å². The number of anilines is 3. The zero-order valence-corrected chi connectivity index (χ0v) is 12.0. The van der Waals surface area contributed by atoms with Crippen LogP contribution in [0.1, 0.15) is 24.5 Å². The Morgan fingerprint density at radius 2 is 1.85 bits per heavy atom. The zero-order valence-electron chi connectivity index (χ0n) is 12.0. The van der Waals surface area contributed by atoms with Crippen LogP contribution in [0.2, 0.25) is 0 Å². The van der Waals surface area contributed by atoms with Gasteiger partial charge in [0.1, 0.15) is 5.82 Å². The van der Waals surface area contributed by atoms with Crippen LogP contribution < -0.4 is 10.6 Å². The molecule has 0 aliphatic heterocycles. The number of hydrogen-bond donors (Lipinski definition) is 2. The number of aryl methyl sites for hydroxylation is 2. The summed E-state index contributed by atoms with van der Waals surface area (Å²) < 4.78 is 0. The third-order valence-corrected chi connectivity index (χ3v) is 3.10. The predicted molar refractivity (Wildman–Crippen MR) is 82.4 cm³/mol. The van der Waals surface area contributed by atoms with E-state index in [0.29, 0.717) is 12.2 Å². The van der Waals surface area contributed by atoms with Crippen molar-refractivity contribution in [3.05, 3.63) is 47.7 Å². The quantitative estimate of drug-likeness (QED) is 0.887. The van der Waals surface area contributed by atoms with E-state index in [0.717, 1.165) is 11.4 Å². The highest BCUT2D eigenvalue weighted by atomic mass is 16.1. The minimum absolute atomic E-state index is 0.0343. The number of carbonyl (C=O) groups is 1. The second kappa shape index (κ2) is 6.19. The van der Waals surface area contributed by atoms with Crippen LogP contribution >= 0.6 is 0 Å². The molecule has 2 N–H and O–H groups in total. The van der Waals surface area contributed by atoms with E-state index in [9.17, 15) is 4.79 Å². The van der Waals surface area contributed by atoms with Gasteiger partial charge in [0.15, 0.2) is 0 Å². The van der Waals surface area contributed by atoms with Gasteiger partial charge < -0.3 is 10.6 Å². The Morgan fingerprint density at radius 3 is 2.40 bits per heavy atom. The van der Waals surface area contributed by atoms with Gasteiger partial charge in [0, 0.05) is 12.1 Å². The number of nitrogens with zero attached hydrogens (tertiary/aromatic N) is 1. The van der Waals surface area contributed by atoms with Crippen molar-refractivity contribution < 1.29 is 4.79 Å². The Hall–Kier alpha value is -2.36. The summed E-state index contributed by atoms with van der Waals surface area (Å²) in [4.78, 5) is 15.5. The number of aromatic nitrogens is 1. The zero-order chi connectivity index (χ0) is 14.5. The number of amides is 1. The summed E-state index contributed by atoms with van der Waals surface area (Å²) in [5.74, 6) is 0.539. The highest BCUT2D eigenvalue weighted by Crippen LogP contribution is 2.24. The van der Waals surface area contributed by atoms with Crippen molar-refractivity contribution in [2.45, 2.75) is 27.2 Å². The molecule has 1 amide bonds. The van der Waals surface area contributed by atoms with E-state index in [-0.39, 0.29) is 5.91 Å². The molecule has 0 spiro atoms. The summed E-state index contributed by atoms with van der Waals surface area (Å²) in [6.45, 7) is 5.95. The highest BCUT2D eigenvalue weighted by Gasteiger charge is 2.04. The monoisotopic (exact) mass is 269 g/mol. The highest BCUT2D eigenvalue weighted by molar-refractivity contribution is 5.89. The maximum absolute atomic E-state index is 11.3. The topological polar surface area (TPSA) is 54.0 Å². The fourth-order valence-corrected chi connectivity index (χ4v) is 1.93. The Kier molecular flexibility index (Phi) is 4.35. The molecule has 2 rings (SSSR count). The van der Waals surface area contributed by atoms with Crippen molar-refractivity contribution in [2.24, 2.45) is 0 Å². The molecule has 20 heavy (non-hydrogen) atoms. The number of para-hydroxylation sites is 1. The molecule has 0 bridgehead atoms. The molecule has 0 fully saturated rings. The SMILES string of the molecule is CCC(=O)Nc1ccc(Nc2c(C)cccc2C)cn1. The molecule has 0 aliphatic carbocycles. The number of rotatable bonds is 4. The lowest BCUT2D eigenvalue weighted by molar-refractivity contribution is -0.115. The van der Waals surface area contributed by atoms with E-state index in [1.165, 1.54) is 11.1 Å². The van der Waals surface area contributed by atoms with Gasteiger partial charge in [-0.05, 0) is 37.1 Å². The largest absolute Gasteiger partial charge is 0.354 e. The van der Waals surface area contributed by atoms with Crippen LogP contribution in [-0.4, -0.2) is 10.9 Å². The second-order valence-electron chi connectivity index (χ2n) is 4.73. The third kappa shape index (κ3) is 3.35. The lowest BCUT2D eigenvalue weighted by atomic mass is 10.1. The molecule has 4 heteroatoms. The van der Waals surface area contributed by atoms with Gasteiger partial charge >= 0.3 is 0 Å². The summed E-state index contributed by atoms with van der Waals surface area (Å²) in [7, 11) is 0. The molecule has 0 radical (unpaired) electrons. The van der Waals surface area contributed by atoms with E-state index in [2.05, 4.69) is 41.6 Å². The number of nitrogens with one attached hydrogen (secondary N) is 2. The van der Waals surface area contributed by atoms with E-state index in [1.54, 1.807) is 12.3 Å². The first kappa shape index (κ1) is 14.1.